The molecule has 0 bridgehead atoms. The molecule has 0 aliphatic rings. The number of nitrogens with zero attached hydrogens (tertiary/aromatic N) is 1. The molecule has 0 aliphatic heterocycles. The van der Waals surface area contributed by atoms with Crippen molar-refractivity contribution in [1.82, 2.24) is 15.3 Å². The molecule has 0 aromatic carbocycles. The lowest BCUT2D eigenvalue weighted by Crippen LogP contribution is -2.40. The smallest absolute Gasteiger partial charge is 0.326 e. The molecular weight excluding hydrogens is 210 g/mol. The number of imidazole rings is 1. The minimum absolute atomic E-state index is 0.266. The standard InChI is InChI=1S/C10H15N3O3/c1-2-3-4-7(10(15)16)13-9(14)8-5-11-6-12-8/h5-7H,2-4H2,1H3,(H,11,12)(H,13,14)(H,15,16)/t7-/m0/s1. The van der Waals surface area contributed by atoms with Crippen LogP contribution in [0.4, 0.5) is 0 Å². The number of carboxylic acids is 1. The van der Waals surface area contributed by atoms with Crippen LogP contribution in [0.5, 0.6) is 0 Å². The van der Waals surface area contributed by atoms with Gasteiger partial charge in [-0.3, -0.25) is 4.79 Å². The van der Waals surface area contributed by atoms with E-state index >= 15 is 0 Å². The van der Waals surface area contributed by atoms with Gasteiger partial charge in [-0.05, 0) is 6.42 Å². The number of aromatic amines is 1. The normalized spacial score (nSPS) is 12.1. The number of aliphatic carboxylic acids is 1. The predicted octanol–water partition coefficient (Wildman–Crippen LogP) is 0.783. The van der Waals surface area contributed by atoms with Crippen LogP contribution in [0.25, 0.3) is 0 Å². The summed E-state index contributed by atoms with van der Waals surface area (Å²) >= 11 is 0. The lowest BCUT2D eigenvalue weighted by Gasteiger charge is -2.12. The van der Waals surface area contributed by atoms with E-state index < -0.39 is 17.9 Å². The van der Waals surface area contributed by atoms with Crippen molar-refractivity contribution in [3.8, 4) is 0 Å². The molecule has 0 saturated carbocycles. The number of unbranched alkanes of at least 4 members (excludes halogenated alkanes) is 1. The van der Waals surface area contributed by atoms with Gasteiger partial charge in [-0.2, -0.15) is 0 Å². The molecule has 0 spiro atoms. The molecule has 0 aliphatic carbocycles. The van der Waals surface area contributed by atoms with Crippen molar-refractivity contribution in [2.45, 2.75) is 32.2 Å². The van der Waals surface area contributed by atoms with E-state index in [0.29, 0.717) is 6.42 Å². The van der Waals surface area contributed by atoms with Crippen LogP contribution in [-0.4, -0.2) is 33.0 Å². The first kappa shape index (κ1) is 12.2. The summed E-state index contributed by atoms with van der Waals surface area (Å²) in [6.45, 7) is 1.97. The Kier molecular flexibility index (Phi) is 4.50. The molecule has 3 N–H and O–H groups in total. The van der Waals surface area contributed by atoms with Crippen LogP contribution in [0.2, 0.25) is 0 Å². The summed E-state index contributed by atoms with van der Waals surface area (Å²) in [6.07, 6.45) is 4.82. The Balaban J connectivity index is 2.54. The van der Waals surface area contributed by atoms with Crippen molar-refractivity contribution >= 4 is 11.9 Å². The molecule has 88 valence electrons. The molecule has 1 atom stereocenters. The molecular formula is C10H15N3O3. The Morgan fingerprint density at radius 1 is 1.62 bits per heavy atom. The topological polar surface area (TPSA) is 95.1 Å². The number of carboxylic acid groups (broad SMARTS) is 1. The molecule has 1 amide bonds. The van der Waals surface area contributed by atoms with Gasteiger partial charge >= 0.3 is 5.97 Å². The first-order valence-corrected chi connectivity index (χ1v) is 5.17. The molecule has 1 aromatic heterocycles. The molecule has 0 fully saturated rings. The average Bonchev–Trinajstić information content (AvgIpc) is 2.76. The second-order valence-corrected chi connectivity index (χ2v) is 3.47. The van der Waals surface area contributed by atoms with Crippen molar-refractivity contribution in [2.75, 3.05) is 0 Å². The minimum atomic E-state index is -1.01. The number of H-pyrrole nitrogens is 1. The lowest BCUT2D eigenvalue weighted by molar-refractivity contribution is -0.139. The minimum Gasteiger partial charge on any atom is -0.480 e. The summed E-state index contributed by atoms with van der Waals surface area (Å²) in [4.78, 5) is 28.7. The Labute approximate surface area is 93.1 Å². The average molecular weight is 225 g/mol. The fourth-order valence-electron chi connectivity index (χ4n) is 1.28. The van der Waals surface area contributed by atoms with Crippen LogP contribution in [0.3, 0.4) is 0 Å². The van der Waals surface area contributed by atoms with Gasteiger partial charge in [-0.25, -0.2) is 9.78 Å². The third-order valence-electron chi connectivity index (χ3n) is 2.19. The van der Waals surface area contributed by atoms with Gasteiger partial charge in [0.05, 0.1) is 12.5 Å². The third kappa shape index (κ3) is 3.38. The first-order chi connectivity index (χ1) is 7.65. The highest BCUT2D eigenvalue weighted by molar-refractivity contribution is 5.94. The van der Waals surface area contributed by atoms with Crippen molar-refractivity contribution in [2.24, 2.45) is 0 Å². The summed E-state index contributed by atoms with van der Waals surface area (Å²) < 4.78 is 0. The highest BCUT2D eigenvalue weighted by atomic mass is 16.4. The Morgan fingerprint density at radius 3 is 2.88 bits per heavy atom. The van der Waals surface area contributed by atoms with Crippen molar-refractivity contribution in [3.63, 3.8) is 0 Å². The lowest BCUT2D eigenvalue weighted by atomic mass is 10.1. The van der Waals surface area contributed by atoms with Gasteiger partial charge in [-0.15, -0.1) is 0 Å². The summed E-state index contributed by atoms with van der Waals surface area (Å²) in [5, 5.41) is 11.3. The Bertz CT molecular complexity index is 348. The molecule has 0 radical (unpaired) electrons. The van der Waals surface area contributed by atoms with E-state index in [2.05, 4.69) is 15.3 Å². The van der Waals surface area contributed by atoms with Gasteiger partial charge < -0.3 is 15.4 Å². The van der Waals surface area contributed by atoms with E-state index in [4.69, 9.17) is 5.11 Å². The summed E-state index contributed by atoms with van der Waals surface area (Å²) in [6, 6.07) is -0.837. The zero-order valence-electron chi connectivity index (χ0n) is 9.06. The highest BCUT2D eigenvalue weighted by Crippen LogP contribution is 2.02. The Morgan fingerprint density at radius 2 is 2.38 bits per heavy atom. The van der Waals surface area contributed by atoms with Gasteiger partial charge in [0.2, 0.25) is 0 Å². The first-order valence-electron chi connectivity index (χ1n) is 5.17. The molecule has 0 saturated heterocycles. The summed E-state index contributed by atoms with van der Waals surface area (Å²) in [5.41, 5.74) is 0.266. The number of carbonyl (C=O) groups excluding carboxylic acids is 1. The van der Waals surface area contributed by atoms with Gasteiger partial charge in [-0.1, -0.05) is 19.8 Å². The van der Waals surface area contributed by atoms with E-state index in [1.54, 1.807) is 0 Å². The SMILES string of the molecule is CCCC[C@H](NC(=O)c1cnc[nH]1)C(=O)O. The second-order valence-electron chi connectivity index (χ2n) is 3.47. The summed E-state index contributed by atoms with van der Waals surface area (Å²) in [7, 11) is 0. The number of aromatic nitrogens is 2. The van der Waals surface area contributed by atoms with Crippen LogP contribution in [0, 0.1) is 0 Å². The maximum atomic E-state index is 11.5. The third-order valence-corrected chi connectivity index (χ3v) is 2.19. The number of amides is 1. The molecule has 1 rings (SSSR count). The zero-order chi connectivity index (χ0) is 12.0. The number of rotatable bonds is 6. The van der Waals surface area contributed by atoms with E-state index in [-0.39, 0.29) is 5.69 Å². The fraction of sp³-hybridized carbons (Fsp3) is 0.500. The van der Waals surface area contributed by atoms with E-state index in [1.165, 1.54) is 12.5 Å². The molecule has 1 aromatic rings. The predicted molar refractivity (Wildman–Crippen MR) is 57.0 cm³/mol. The van der Waals surface area contributed by atoms with Crippen LogP contribution in [0.1, 0.15) is 36.7 Å². The quantitative estimate of drug-likeness (QED) is 0.666. The van der Waals surface area contributed by atoms with Gasteiger partial charge in [0.25, 0.3) is 5.91 Å². The van der Waals surface area contributed by atoms with Crippen LogP contribution in [0.15, 0.2) is 12.5 Å². The summed E-state index contributed by atoms with van der Waals surface area (Å²) in [5.74, 6) is -1.46. The monoisotopic (exact) mass is 225 g/mol. The van der Waals surface area contributed by atoms with E-state index in [0.717, 1.165) is 12.8 Å². The van der Waals surface area contributed by atoms with Gasteiger partial charge in [0.15, 0.2) is 0 Å². The fourth-order valence-corrected chi connectivity index (χ4v) is 1.28. The molecule has 1 heterocycles. The largest absolute Gasteiger partial charge is 0.480 e. The van der Waals surface area contributed by atoms with Crippen LogP contribution >= 0.6 is 0 Å². The maximum Gasteiger partial charge on any atom is 0.326 e. The van der Waals surface area contributed by atoms with Crippen molar-refractivity contribution in [3.05, 3.63) is 18.2 Å². The van der Waals surface area contributed by atoms with Crippen LogP contribution in [-0.2, 0) is 4.79 Å². The van der Waals surface area contributed by atoms with E-state index in [9.17, 15) is 9.59 Å². The molecule has 16 heavy (non-hydrogen) atoms. The molecule has 0 unspecified atom stereocenters. The zero-order valence-corrected chi connectivity index (χ0v) is 9.06. The number of hydrogen-bond acceptors (Lipinski definition) is 3. The highest BCUT2D eigenvalue weighted by Gasteiger charge is 2.20. The maximum absolute atomic E-state index is 11.5. The number of nitrogens with one attached hydrogen (secondary N) is 2. The number of hydrogen-bond donors (Lipinski definition) is 3. The van der Waals surface area contributed by atoms with Crippen LogP contribution < -0.4 is 5.32 Å². The van der Waals surface area contributed by atoms with Crippen molar-refractivity contribution < 1.29 is 14.7 Å². The van der Waals surface area contributed by atoms with Gasteiger partial charge in [0, 0.05) is 0 Å². The second kappa shape index (κ2) is 5.89. The van der Waals surface area contributed by atoms with Crippen molar-refractivity contribution in [1.29, 1.82) is 0 Å². The Hall–Kier alpha value is -1.85. The van der Waals surface area contributed by atoms with Gasteiger partial charge in [0.1, 0.15) is 11.7 Å². The molecule has 6 nitrogen and oxygen atoms in total. The number of carbonyl (C=O) groups is 2. The van der Waals surface area contributed by atoms with E-state index in [1.807, 2.05) is 6.92 Å². The molecule has 6 heteroatoms.